The molecule has 0 atom stereocenters. The number of carbonyl (C=O) groups excluding carboxylic acids is 1. The number of hydrogen-bond acceptors (Lipinski definition) is 5. The highest BCUT2D eigenvalue weighted by Crippen LogP contribution is 2.22. The van der Waals surface area contributed by atoms with Crippen LogP contribution in [0.25, 0.3) is 0 Å². The van der Waals surface area contributed by atoms with Gasteiger partial charge in [0.05, 0.1) is 0 Å². The molecule has 2 saturated heterocycles. The van der Waals surface area contributed by atoms with Gasteiger partial charge in [-0.05, 0) is 55.9 Å². The van der Waals surface area contributed by atoms with E-state index in [1.807, 2.05) is 35.2 Å². The lowest BCUT2D eigenvalue weighted by Gasteiger charge is -2.32. The predicted octanol–water partition coefficient (Wildman–Crippen LogP) is 2.83. The number of amides is 1. The number of rotatable bonds is 6. The van der Waals surface area contributed by atoms with Crippen molar-refractivity contribution in [3.63, 3.8) is 0 Å². The first-order chi connectivity index (χ1) is 14.5. The van der Waals surface area contributed by atoms with Crippen LogP contribution in [0.2, 0.25) is 0 Å². The van der Waals surface area contributed by atoms with Gasteiger partial charge in [0.25, 0.3) is 5.91 Å². The molecule has 0 radical (unpaired) electrons. The third-order valence-corrected chi connectivity index (χ3v) is 7.82. The maximum Gasteiger partial charge on any atom is 0.253 e. The Morgan fingerprint density at radius 1 is 1.00 bits per heavy atom. The highest BCUT2D eigenvalue weighted by Gasteiger charge is 2.27. The zero-order chi connectivity index (χ0) is 21.0. The molecule has 2 aliphatic heterocycles. The number of piperidine rings is 1. The second-order valence-corrected chi connectivity index (χ2v) is 9.91. The summed E-state index contributed by atoms with van der Waals surface area (Å²) in [4.78, 5) is 19.0. The van der Waals surface area contributed by atoms with Crippen LogP contribution >= 0.6 is 0 Å². The lowest BCUT2D eigenvalue weighted by Crippen LogP contribution is -2.39. The quantitative estimate of drug-likeness (QED) is 0.765. The molecule has 2 fully saturated rings. The summed E-state index contributed by atoms with van der Waals surface area (Å²) >= 11 is 0. The van der Waals surface area contributed by atoms with Crippen LogP contribution < -0.4 is 5.32 Å². The van der Waals surface area contributed by atoms with Gasteiger partial charge in [0.1, 0.15) is 10.7 Å². The van der Waals surface area contributed by atoms with Crippen molar-refractivity contribution in [2.75, 3.05) is 38.0 Å². The SMILES string of the molecule is O=C(c1ccccc1)N1CCC(CNc2ccc(S(=O)(=O)N3CCCC3)cn2)CC1. The summed E-state index contributed by atoms with van der Waals surface area (Å²) in [6, 6.07) is 12.8. The summed E-state index contributed by atoms with van der Waals surface area (Å²) < 4.78 is 26.7. The smallest absolute Gasteiger partial charge is 0.253 e. The zero-order valence-electron chi connectivity index (χ0n) is 17.0. The van der Waals surface area contributed by atoms with Gasteiger partial charge in [0.15, 0.2) is 0 Å². The fraction of sp³-hybridized carbons (Fsp3) is 0.455. The van der Waals surface area contributed by atoms with E-state index in [0.717, 1.165) is 50.9 Å². The summed E-state index contributed by atoms with van der Waals surface area (Å²) in [5.41, 5.74) is 0.738. The van der Waals surface area contributed by atoms with Gasteiger partial charge in [-0.1, -0.05) is 18.2 Å². The number of carbonyl (C=O) groups is 1. The van der Waals surface area contributed by atoms with Crippen LogP contribution in [0.1, 0.15) is 36.0 Å². The molecule has 0 bridgehead atoms. The second kappa shape index (κ2) is 9.14. The van der Waals surface area contributed by atoms with Crippen molar-refractivity contribution in [3.05, 3.63) is 54.2 Å². The molecular weight excluding hydrogens is 400 g/mol. The van der Waals surface area contributed by atoms with E-state index in [0.29, 0.717) is 24.8 Å². The number of aromatic nitrogens is 1. The van der Waals surface area contributed by atoms with Crippen molar-refractivity contribution in [2.45, 2.75) is 30.6 Å². The normalized spacial score (nSPS) is 18.5. The van der Waals surface area contributed by atoms with Gasteiger partial charge in [0, 0.05) is 44.5 Å². The molecule has 1 aromatic carbocycles. The van der Waals surface area contributed by atoms with E-state index in [-0.39, 0.29) is 10.8 Å². The van der Waals surface area contributed by atoms with Crippen molar-refractivity contribution in [1.82, 2.24) is 14.2 Å². The van der Waals surface area contributed by atoms with Gasteiger partial charge in [-0.25, -0.2) is 13.4 Å². The second-order valence-electron chi connectivity index (χ2n) is 7.97. The molecule has 2 aliphatic rings. The molecule has 1 amide bonds. The average Bonchev–Trinajstić information content (AvgIpc) is 3.34. The van der Waals surface area contributed by atoms with Crippen LogP contribution in [-0.4, -0.2) is 61.2 Å². The molecule has 8 heteroatoms. The Kier molecular flexibility index (Phi) is 6.34. The van der Waals surface area contributed by atoms with Gasteiger partial charge < -0.3 is 10.2 Å². The van der Waals surface area contributed by atoms with Gasteiger partial charge >= 0.3 is 0 Å². The minimum atomic E-state index is -3.42. The molecule has 3 heterocycles. The van der Waals surface area contributed by atoms with E-state index in [4.69, 9.17) is 0 Å². The van der Waals surface area contributed by atoms with Crippen LogP contribution in [0.5, 0.6) is 0 Å². The van der Waals surface area contributed by atoms with E-state index < -0.39 is 10.0 Å². The van der Waals surface area contributed by atoms with Crippen molar-refractivity contribution in [3.8, 4) is 0 Å². The first-order valence-corrected chi connectivity index (χ1v) is 12.0. The molecule has 2 aromatic rings. The van der Waals surface area contributed by atoms with Crippen molar-refractivity contribution in [2.24, 2.45) is 5.92 Å². The van der Waals surface area contributed by atoms with Gasteiger partial charge in [-0.2, -0.15) is 4.31 Å². The molecule has 4 rings (SSSR count). The maximum absolute atomic E-state index is 12.6. The van der Waals surface area contributed by atoms with E-state index in [1.54, 1.807) is 12.1 Å². The molecular formula is C22H28N4O3S. The first-order valence-electron chi connectivity index (χ1n) is 10.6. The third kappa shape index (κ3) is 4.65. The van der Waals surface area contributed by atoms with Gasteiger partial charge in [-0.3, -0.25) is 4.79 Å². The third-order valence-electron chi connectivity index (χ3n) is 5.93. The van der Waals surface area contributed by atoms with Gasteiger partial charge in [0.2, 0.25) is 10.0 Å². The molecule has 1 N–H and O–H groups in total. The maximum atomic E-state index is 12.6. The topological polar surface area (TPSA) is 82.6 Å². The molecule has 160 valence electrons. The predicted molar refractivity (Wildman–Crippen MR) is 116 cm³/mol. The minimum Gasteiger partial charge on any atom is -0.370 e. The Hall–Kier alpha value is -2.45. The van der Waals surface area contributed by atoms with Crippen molar-refractivity contribution >= 4 is 21.7 Å². The molecule has 30 heavy (non-hydrogen) atoms. The summed E-state index contributed by atoms with van der Waals surface area (Å²) in [5.74, 6) is 1.23. The standard InChI is InChI=1S/C22H28N4O3S/c27-22(19-6-2-1-3-7-19)25-14-10-18(11-15-25)16-23-21-9-8-20(17-24-21)30(28,29)26-12-4-5-13-26/h1-3,6-9,17-18H,4-5,10-16H2,(H,23,24). The van der Waals surface area contributed by atoms with Crippen LogP contribution in [0.15, 0.2) is 53.6 Å². The summed E-state index contributed by atoms with van der Waals surface area (Å²) in [6.07, 6.45) is 5.15. The molecule has 0 saturated carbocycles. The number of nitrogens with zero attached hydrogens (tertiary/aromatic N) is 3. The highest BCUT2D eigenvalue weighted by molar-refractivity contribution is 7.89. The molecule has 7 nitrogen and oxygen atoms in total. The highest BCUT2D eigenvalue weighted by atomic mass is 32.2. The van der Waals surface area contributed by atoms with Crippen LogP contribution in [0.3, 0.4) is 0 Å². The Morgan fingerprint density at radius 2 is 1.70 bits per heavy atom. The fourth-order valence-corrected chi connectivity index (χ4v) is 5.53. The fourth-order valence-electron chi connectivity index (χ4n) is 4.07. The number of hydrogen-bond donors (Lipinski definition) is 1. The molecule has 0 aliphatic carbocycles. The molecule has 0 unspecified atom stereocenters. The largest absolute Gasteiger partial charge is 0.370 e. The lowest BCUT2D eigenvalue weighted by atomic mass is 9.96. The summed E-state index contributed by atoms with van der Waals surface area (Å²) in [7, 11) is -3.42. The number of pyridine rings is 1. The summed E-state index contributed by atoms with van der Waals surface area (Å²) in [6.45, 7) is 3.45. The zero-order valence-corrected chi connectivity index (χ0v) is 17.9. The number of sulfonamides is 1. The van der Waals surface area contributed by atoms with E-state index in [2.05, 4.69) is 10.3 Å². The first kappa shape index (κ1) is 20.8. The number of benzene rings is 1. The molecule has 1 aromatic heterocycles. The molecule has 0 spiro atoms. The van der Waals surface area contributed by atoms with Crippen molar-refractivity contribution < 1.29 is 13.2 Å². The van der Waals surface area contributed by atoms with E-state index in [1.165, 1.54) is 10.5 Å². The number of likely N-dealkylation sites (tertiary alicyclic amines) is 1. The Bertz CT molecular complexity index is 950. The minimum absolute atomic E-state index is 0.0958. The van der Waals surface area contributed by atoms with Crippen molar-refractivity contribution in [1.29, 1.82) is 0 Å². The Balaban J connectivity index is 1.26. The Labute approximate surface area is 178 Å². The van der Waals surface area contributed by atoms with Crippen LogP contribution in [0, 0.1) is 5.92 Å². The number of anilines is 1. The number of nitrogens with one attached hydrogen (secondary N) is 1. The lowest BCUT2D eigenvalue weighted by molar-refractivity contribution is 0.0695. The van der Waals surface area contributed by atoms with E-state index in [9.17, 15) is 13.2 Å². The monoisotopic (exact) mass is 428 g/mol. The summed E-state index contributed by atoms with van der Waals surface area (Å²) in [5, 5.41) is 3.32. The van der Waals surface area contributed by atoms with E-state index >= 15 is 0 Å². The van der Waals surface area contributed by atoms with Crippen LogP contribution in [0.4, 0.5) is 5.82 Å². The Morgan fingerprint density at radius 3 is 2.33 bits per heavy atom. The van der Waals surface area contributed by atoms with Gasteiger partial charge in [-0.15, -0.1) is 0 Å². The van der Waals surface area contributed by atoms with Crippen LogP contribution in [-0.2, 0) is 10.0 Å². The average molecular weight is 429 g/mol.